The topological polar surface area (TPSA) is 57.1 Å². The first-order valence-corrected chi connectivity index (χ1v) is 8.01. The Labute approximate surface area is 146 Å². The van der Waals surface area contributed by atoms with Crippen LogP contribution >= 0.6 is 0 Å². The van der Waals surface area contributed by atoms with E-state index in [2.05, 4.69) is 4.99 Å². The number of cyclic esters (lactones) is 1. The van der Waals surface area contributed by atoms with Crippen molar-refractivity contribution in [1.29, 1.82) is 0 Å². The minimum atomic E-state index is -0.467. The molecule has 0 unspecified atom stereocenters. The fourth-order valence-electron chi connectivity index (χ4n) is 2.52. The van der Waals surface area contributed by atoms with E-state index in [0.29, 0.717) is 24.0 Å². The van der Waals surface area contributed by atoms with E-state index >= 15 is 0 Å². The normalized spacial score (nSPS) is 15.1. The van der Waals surface area contributed by atoms with E-state index in [-0.39, 0.29) is 5.70 Å². The lowest BCUT2D eigenvalue weighted by atomic mass is 10.1. The van der Waals surface area contributed by atoms with Gasteiger partial charge in [-0.1, -0.05) is 23.8 Å². The maximum absolute atomic E-state index is 12.1. The lowest BCUT2D eigenvalue weighted by Gasteiger charge is -2.09. The third kappa shape index (κ3) is 3.71. The molecule has 0 amide bonds. The SMILES string of the molecule is CCOc1cc(C=C2N=C(c3cccc(C)c3)OC2=O)ccc1OC. The Hall–Kier alpha value is -3.08. The van der Waals surface area contributed by atoms with Gasteiger partial charge < -0.3 is 14.2 Å². The fourth-order valence-corrected chi connectivity index (χ4v) is 2.52. The number of ether oxygens (including phenoxy) is 3. The number of methoxy groups -OCH3 is 1. The predicted octanol–water partition coefficient (Wildman–Crippen LogP) is 3.75. The van der Waals surface area contributed by atoms with Gasteiger partial charge in [-0.3, -0.25) is 0 Å². The van der Waals surface area contributed by atoms with Crippen LogP contribution in [0.1, 0.15) is 23.6 Å². The Morgan fingerprint density at radius 3 is 2.72 bits per heavy atom. The van der Waals surface area contributed by atoms with Gasteiger partial charge in [-0.2, -0.15) is 0 Å². The van der Waals surface area contributed by atoms with Crippen LogP contribution in [-0.4, -0.2) is 25.6 Å². The molecule has 2 aromatic carbocycles. The molecule has 0 bridgehead atoms. The highest BCUT2D eigenvalue weighted by Gasteiger charge is 2.24. The molecule has 0 aliphatic carbocycles. The molecule has 2 aromatic rings. The zero-order valence-corrected chi connectivity index (χ0v) is 14.4. The van der Waals surface area contributed by atoms with Gasteiger partial charge in [0.05, 0.1) is 13.7 Å². The van der Waals surface area contributed by atoms with E-state index in [9.17, 15) is 4.79 Å². The monoisotopic (exact) mass is 337 g/mol. The molecular weight excluding hydrogens is 318 g/mol. The number of esters is 1. The molecule has 0 radical (unpaired) electrons. The lowest BCUT2D eigenvalue weighted by Crippen LogP contribution is -2.05. The number of hydrogen-bond donors (Lipinski definition) is 0. The van der Waals surface area contributed by atoms with Crippen LogP contribution in [0.4, 0.5) is 0 Å². The molecule has 0 atom stereocenters. The molecule has 1 heterocycles. The van der Waals surface area contributed by atoms with E-state index in [0.717, 1.165) is 16.7 Å². The minimum Gasteiger partial charge on any atom is -0.493 e. The van der Waals surface area contributed by atoms with E-state index in [4.69, 9.17) is 14.2 Å². The maximum atomic E-state index is 12.1. The summed E-state index contributed by atoms with van der Waals surface area (Å²) < 4.78 is 16.1. The highest BCUT2D eigenvalue weighted by atomic mass is 16.6. The van der Waals surface area contributed by atoms with Gasteiger partial charge in [0, 0.05) is 5.56 Å². The Balaban J connectivity index is 1.93. The summed E-state index contributed by atoms with van der Waals surface area (Å²) in [4.78, 5) is 16.4. The molecule has 0 spiro atoms. The van der Waals surface area contributed by atoms with Gasteiger partial charge in [0.25, 0.3) is 0 Å². The summed E-state index contributed by atoms with van der Waals surface area (Å²) in [7, 11) is 1.59. The first-order valence-electron chi connectivity index (χ1n) is 8.01. The quantitative estimate of drug-likeness (QED) is 0.616. The summed E-state index contributed by atoms with van der Waals surface area (Å²) in [6, 6.07) is 13.1. The molecule has 3 rings (SSSR count). The molecule has 5 heteroatoms. The van der Waals surface area contributed by atoms with Crippen LogP contribution in [-0.2, 0) is 9.53 Å². The number of carbonyl (C=O) groups excluding carboxylic acids is 1. The molecule has 0 saturated carbocycles. The molecule has 1 aliphatic heterocycles. The Morgan fingerprint density at radius 1 is 1.16 bits per heavy atom. The second-order valence-electron chi connectivity index (χ2n) is 5.55. The zero-order valence-electron chi connectivity index (χ0n) is 14.4. The molecular formula is C20H19NO4. The van der Waals surface area contributed by atoms with Crippen molar-refractivity contribution >= 4 is 17.9 Å². The number of nitrogens with zero attached hydrogens (tertiary/aromatic N) is 1. The Kier molecular flexibility index (Phi) is 4.84. The average molecular weight is 337 g/mol. The van der Waals surface area contributed by atoms with Crippen LogP contribution in [0.2, 0.25) is 0 Å². The Bertz CT molecular complexity index is 868. The number of hydrogen-bond acceptors (Lipinski definition) is 5. The van der Waals surface area contributed by atoms with E-state index in [1.54, 1.807) is 19.3 Å². The van der Waals surface area contributed by atoms with Crippen LogP contribution in [0.25, 0.3) is 6.08 Å². The van der Waals surface area contributed by atoms with Crippen LogP contribution in [0.15, 0.2) is 53.2 Å². The van der Waals surface area contributed by atoms with Gasteiger partial charge in [0.15, 0.2) is 17.2 Å². The molecule has 0 aromatic heterocycles. The van der Waals surface area contributed by atoms with E-state index in [1.165, 1.54) is 0 Å². The smallest absolute Gasteiger partial charge is 0.363 e. The van der Waals surface area contributed by atoms with Crippen molar-refractivity contribution in [2.24, 2.45) is 4.99 Å². The van der Waals surface area contributed by atoms with Crippen LogP contribution in [0, 0.1) is 6.92 Å². The third-order valence-electron chi connectivity index (χ3n) is 3.68. The second kappa shape index (κ2) is 7.21. The molecule has 5 nitrogen and oxygen atoms in total. The zero-order chi connectivity index (χ0) is 17.8. The highest BCUT2D eigenvalue weighted by Crippen LogP contribution is 2.29. The number of carbonyl (C=O) groups is 1. The lowest BCUT2D eigenvalue weighted by molar-refractivity contribution is -0.129. The van der Waals surface area contributed by atoms with Gasteiger partial charge in [0.2, 0.25) is 5.90 Å². The standard InChI is InChI=1S/C20H19NO4/c1-4-24-18-12-14(8-9-17(18)23-3)11-16-20(22)25-19(21-16)15-7-5-6-13(2)10-15/h5-12H,4H2,1-3H3. The molecule has 0 fully saturated rings. The van der Waals surface area contributed by atoms with Gasteiger partial charge >= 0.3 is 5.97 Å². The summed E-state index contributed by atoms with van der Waals surface area (Å²) in [5.74, 6) is 1.11. The van der Waals surface area contributed by atoms with Crippen LogP contribution < -0.4 is 9.47 Å². The first kappa shape index (κ1) is 16.8. The molecule has 1 aliphatic rings. The number of benzene rings is 2. The first-order chi connectivity index (χ1) is 12.1. The van der Waals surface area contributed by atoms with Crippen LogP contribution in [0.5, 0.6) is 11.5 Å². The van der Waals surface area contributed by atoms with Crippen molar-refractivity contribution in [2.75, 3.05) is 13.7 Å². The molecule has 25 heavy (non-hydrogen) atoms. The molecule has 0 N–H and O–H groups in total. The van der Waals surface area contributed by atoms with Gasteiger partial charge in [-0.15, -0.1) is 0 Å². The summed E-state index contributed by atoms with van der Waals surface area (Å²) in [6.07, 6.45) is 1.67. The van der Waals surface area contributed by atoms with Gasteiger partial charge in [0.1, 0.15) is 0 Å². The van der Waals surface area contributed by atoms with E-state index < -0.39 is 5.97 Å². The average Bonchev–Trinajstić information content (AvgIpc) is 2.96. The van der Waals surface area contributed by atoms with Crippen molar-refractivity contribution in [1.82, 2.24) is 0 Å². The maximum Gasteiger partial charge on any atom is 0.363 e. The third-order valence-corrected chi connectivity index (χ3v) is 3.68. The summed E-state index contributed by atoms with van der Waals surface area (Å²) in [5, 5.41) is 0. The minimum absolute atomic E-state index is 0.254. The van der Waals surface area contributed by atoms with Gasteiger partial charge in [-0.25, -0.2) is 9.79 Å². The highest BCUT2D eigenvalue weighted by molar-refractivity contribution is 6.12. The second-order valence-corrected chi connectivity index (χ2v) is 5.55. The van der Waals surface area contributed by atoms with Crippen LogP contribution in [0.3, 0.4) is 0 Å². The summed E-state index contributed by atoms with van der Waals surface area (Å²) >= 11 is 0. The fraction of sp³-hybridized carbons (Fsp3) is 0.200. The molecule has 0 saturated heterocycles. The Morgan fingerprint density at radius 2 is 2.00 bits per heavy atom. The predicted molar refractivity (Wildman–Crippen MR) is 95.9 cm³/mol. The number of rotatable bonds is 5. The number of aryl methyl sites for hydroxylation is 1. The largest absolute Gasteiger partial charge is 0.493 e. The van der Waals surface area contributed by atoms with E-state index in [1.807, 2.05) is 50.2 Å². The van der Waals surface area contributed by atoms with Crippen molar-refractivity contribution < 1.29 is 19.0 Å². The van der Waals surface area contributed by atoms with Crippen molar-refractivity contribution in [3.8, 4) is 11.5 Å². The molecule has 128 valence electrons. The van der Waals surface area contributed by atoms with Crippen molar-refractivity contribution in [2.45, 2.75) is 13.8 Å². The van der Waals surface area contributed by atoms with Crippen molar-refractivity contribution in [3.05, 3.63) is 64.9 Å². The van der Waals surface area contributed by atoms with Gasteiger partial charge in [-0.05, 0) is 49.8 Å². The summed E-state index contributed by atoms with van der Waals surface area (Å²) in [5.41, 5.74) is 2.89. The van der Waals surface area contributed by atoms with Crippen molar-refractivity contribution in [3.63, 3.8) is 0 Å². The number of aliphatic imine (C=N–C) groups is 1. The summed E-state index contributed by atoms with van der Waals surface area (Å²) in [6.45, 7) is 4.40.